The van der Waals surface area contributed by atoms with Gasteiger partial charge in [0.15, 0.2) is 0 Å². The highest BCUT2D eigenvalue weighted by Crippen LogP contribution is 2.19. The zero-order valence-corrected chi connectivity index (χ0v) is 10.9. The summed E-state index contributed by atoms with van der Waals surface area (Å²) >= 11 is 5.62. The molecule has 4 N–H and O–H groups in total. The maximum absolute atomic E-state index is 13.0. The van der Waals surface area contributed by atoms with Gasteiger partial charge in [0.25, 0.3) is 0 Å². The fraction of sp³-hybridized carbons (Fsp3) is 0.417. The predicted octanol–water partition coefficient (Wildman–Crippen LogP) is 1.32. The van der Waals surface area contributed by atoms with E-state index in [9.17, 15) is 14.3 Å². The maximum Gasteiger partial charge on any atom is 0.319 e. The number of hydrogen-bond acceptors (Lipinski definition) is 3. The molecule has 0 spiro atoms. The van der Waals surface area contributed by atoms with Crippen LogP contribution < -0.4 is 16.0 Å². The average molecular weight is 288 g/mol. The maximum atomic E-state index is 13.0. The topological polar surface area (TPSA) is 73.4 Å². The Balaban J connectivity index is 1.91. The van der Waals surface area contributed by atoms with Crippen LogP contribution in [0.15, 0.2) is 18.2 Å². The fourth-order valence-electron chi connectivity index (χ4n) is 1.90. The zero-order chi connectivity index (χ0) is 13.8. The lowest BCUT2D eigenvalue weighted by Gasteiger charge is -2.29. The van der Waals surface area contributed by atoms with E-state index in [2.05, 4.69) is 16.0 Å². The van der Waals surface area contributed by atoms with E-state index in [1.807, 2.05) is 0 Å². The first-order chi connectivity index (χ1) is 9.06. The third-order valence-corrected chi connectivity index (χ3v) is 3.23. The van der Waals surface area contributed by atoms with Gasteiger partial charge in [0.2, 0.25) is 0 Å². The van der Waals surface area contributed by atoms with Gasteiger partial charge in [-0.25, -0.2) is 9.18 Å². The zero-order valence-electron chi connectivity index (χ0n) is 10.1. The van der Waals surface area contributed by atoms with Crippen LogP contribution in [0.3, 0.4) is 0 Å². The van der Waals surface area contributed by atoms with Crippen LogP contribution in [0.2, 0.25) is 5.02 Å². The second-order valence-electron chi connectivity index (χ2n) is 4.39. The number of hydrogen-bond donors (Lipinski definition) is 4. The van der Waals surface area contributed by atoms with Crippen LogP contribution in [0.5, 0.6) is 0 Å². The molecule has 1 fully saturated rings. The van der Waals surface area contributed by atoms with Gasteiger partial charge in [0.05, 0.1) is 17.2 Å². The third-order valence-electron chi connectivity index (χ3n) is 2.94. The number of amides is 2. The third kappa shape index (κ3) is 3.79. The summed E-state index contributed by atoms with van der Waals surface area (Å²) in [4.78, 5) is 11.7. The number of halogens is 2. The molecular formula is C12H15ClFN3O2. The van der Waals surface area contributed by atoms with Crippen LogP contribution >= 0.6 is 11.6 Å². The van der Waals surface area contributed by atoms with Crippen LogP contribution in [-0.2, 0) is 0 Å². The van der Waals surface area contributed by atoms with Crippen molar-refractivity contribution < 1.29 is 14.3 Å². The molecule has 0 unspecified atom stereocenters. The number of benzene rings is 1. The van der Waals surface area contributed by atoms with Gasteiger partial charge in [0.1, 0.15) is 5.82 Å². The van der Waals surface area contributed by atoms with Crippen molar-refractivity contribution in [2.75, 3.05) is 18.4 Å². The molecule has 19 heavy (non-hydrogen) atoms. The molecule has 1 saturated heterocycles. The Kier molecular flexibility index (Phi) is 4.57. The smallest absolute Gasteiger partial charge is 0.319 e. The van der Waals surface area contributed by atoms with Crippen LogP contribution in [0.25, 0.3) is 0 Å². The standard InChI is InChI=1S/C12H15ClFN3O2/c13-8-5-7(1-2-9(8)14)16-12(19)17-10-6-15-4-3-11(10)18/h1-2,5,10-11,15,18H,3-4,6H2,(H2,16,17,19)/t10-,11+/m0/s1. The highest BCUT2D eigenvalue weighted by Gasteiger charge is 2.24. The summed E-state index contributed by atoms with van der Waals surface area (Å²) in [7, 11) is 0. The molecule has 1 aliphatic heterocycles. The molecule has 1 aromatic rings. The van der Waals surface area contributed by atoms with Crippen LogP contribution in [0, 0.1) is 5.82 Å². The van der Waals surface area contributed by atoms with Crippen LogP contribution in [0.4, 0.5) is 14.9 Å². The summed E-state index contributed by atoms with van der Waals surface area (Å²) in [6.07, 6.45) is 0.0247. The van der Waals surface area contributed by atoms with Crippen molar-refractivity contribution in [3.8, 4) is 0 Å². The van der Waals surface area contributed by atoms with E-state index in [1.165, 1.54) is 18.2 Å². The fourth-order valence-corrected chi connectivity index (χ4v) is 2.08. The van der Waals surface area contributed by atoms with Crippen molar-refractivity contribution in [1.29, 1.82) is 0 Å². The normalized spacial score (nSPS) is 22.9. The minimum absolute atomic E-state index is 0.0582. The van der Waals surface area contributed by atoms with Gasteiger partial charge < -0.3 is 21.1 Å². The van der Waals surface area contributed by atoms with Crippen LogP contribution in [-0.4, -0.2) is 36.4 Å². The molecule has 1 heterocycles. The molecule has 0 radical (unpaired) electrons. The summed E-state index contributed by atoms with van der Waals surface area (Å²) in [6, 6.07) is 3.11. The lowest BCUT2D eigenvalue weighted by Crippen LogP contribution is -2.54. The Hall–Kier alpha value is -1.37. The summed E-state index contributed by atoms with van der Waals surface area (Å²) in [5, 5.41) is 17.9. The van der Waals surface area contributed by atoms with Gasteiger partial charge >= 0.3 is 6.03 Å². The molecular weight excluding hydrogens is 273 g/mol. The van der Waals surface area contributed by atoms with Gasteiger partial charge in [-0.1, -0.05) is 11.6 Å². The Morgan fingerprint density at radius 3 is 3.00 bits per heavy atom. The Bertz CT molecular complexity index is 472. The first-order valence-corrected chi connectivity index (χ1v) is 6.35. The second-order valence-corrected chi connectivity index (χ2v) is 4.80. The van der Waals surface area contributed by atoms with Gasteiger partial charge in [-0.3, -0.25) is 0 Å². The number of carbonyl (C=O) groups is 1. The molecule has 1 aromatic carbocycles. The first kappa shape index (κ1) is 14.0. The van der Waals surface area contributed by atoms with Gasteiger partial charge in [-0.05, 0) is 31.2 Å². The van der Waals surface area contributed by atoms with Crippen molar-refractivity contribution in [3.05, 3.63) is 29.0 Å². The number of rotatable bonds is 2. The minimum atomic E-state index is -0.566. The average Bonchev–Trinajstić information content (AvgIpc) is 2.37. The summed E-state index contributed by atoms with van der Waals surface area (Å²) < 4.78 is 13.0. The Labute approximate surface area is 115 Å². The second kappa shape index (κ2) is 6.18. The number of nitrogens with one attached hydrogen (secondary N) is 3. The van der Waals surface area contributed by atoms with Crippen molar-refractivity contribution in [1.82, 2.24) is 10.6 Å². The predicted molar refractivity (Wildman–Crippen MR) is 70.8 cm³/mol. The number of urea groups is 1. The Morgan fingerprint density at radius 1 is 1.53 bits per heavy atom. The van der Waals surface area contributed by atoms with Gasteiger partial charge in [-0.2, -0.15) is 0 Å². The summed E-state index contributed by atoms with van der Waals surface area (Å²) in [6.45, 7) is 1.24. The number of anilines is 1. The Morgan fingerprint density at radius 2 is 2.32 bits per heavy atom. The molecule has 5 nitrogen and oxygen atoms in total. The molecule has 0 saturated carbocycles. The highest BCUT2D eigenvalue weighted by atomic mass is 35.5. The number of piperidine rings is 1. The van der Waals surface area contributed by atoms with E-state index >= 15 is 0 Å². The monoisotopic (exact) mass is 287 g/mol. The van der Waals surface area contributed by atoms with E-state index in [1.54, 1.807) is 0 Å². The molecule has 0 aromatic heterocycles. The van der Waals surface area contributed by atoms with Crippen molar-refractivity contribution in [2.24, 2.45) is 0 Å². The molecule has 2 amide bonds. The van der Waals surface area contributed by atoms with Crippen molar-refractivity contribution in [2.45, 2.75) is 18.6 Å². The van der Waals surface area contributed by atoms with Crippen molar-refractivity contribution >= 4 is 23.3 Å². The quantitative estimate of drug-likeness (QED) is 0.663. The summed E-state index contributed by atoms with van der Waals surface area (Å²) in [5.74, 6) is -0.542. The molecule has 2 atom stereocenters. The minimum Gasteiger partial charge on any atom is -0.391 e. The number of carbonyl (C=O) groups excluding carboxylic acids is 1. The highest BCUT2D eigenvalue weighted by molar-refractivity contribution is 6.31. The molecule has 7 heteroatoms. The number of aliphatic hydroxyl groups is 1. The van der Waals surface area contributed by atoms with E-state index in [4.69, 9.17) is 11.6 Å². The van der Waals surface area contributed by atoms with E-state index in [-0.39, 0.29) is 11.1 Å². The van der Waals surface area contributed by atoms with Crippen molar-refractivity contribution in [3.63, 3.8) is 0 Å². The molecule has 104 valence electrons. The number of aliphatic hydroxyl groups excluding tert-OH is 1. The summed E-state index contributed by atoms with van der Waals surface area (Å²) in [5.41, 5.74) is 0.391. The largest absolute Gasteiger partial charge is 0.391 e. The van der Waals surface area contributed by atoms with Gasteiger partial charge in [0, 0.05) is 12.2 Å². The lowest BCUT2D eigenvalue weighted by atomic mass is 10.0. The molecule has 2 rings (SSSR count). The SMILES string of the molecule is O=C(Nc1ccc(F)c(Cl)c1)N[C@H]1CNCC[C@H]1O. The molecule has 0 aliphatic carbocycles. The van der Waals surface area contributed by atoms with E-state index in [0.717, 1.165) is 6.54 Å². The molecule has 1 aliphatic rings. The van der Waals surface area contributed by atoms with E-state index < -0.39 is 18.0 Å². The van der Waals surface area contributed by atoms with E-state index in [0.29, 0.717) is 18.7 Å². The molecule has 0 bridgehead atoms. The lowest BCUT2D eigenvalue weighted by molar-refractivity contribution is 0.103. The van der Waals surface area contributed by atoms with Gasteiger partial charge in [-0.15, -0.1) is 0 Å². The van der Waals surface area contributed by atoms with Crippen LogP contribution in [0.1, 0.15) is 6.42 Å². The first-order valence-electron chi connectivity index (χ1n) is 5.97.